The van der Waals surface area contributed by atoms with E-state index >= 15 is 0 Å². The van der Waals surface area contributed by atoms with Gasteiger partial charge in [0, 0.05) is 11.3 Å². The van der Waals surface area contributed by atoms with Crippen LogP contribution in [0.2, 0.25) is 0 Å². The van der Waals surface area contributed by atoms with E-state index in [1.54, 1.807) is 0 Å². The van der Waals surface area contributed by atoms with Gasteiger partial charge < -0.3 is 5.11 Å². The minimum Gasteiger partial charge on any atom is -0.393 e. The van der Waals surface area contributed by atoms with Crippen LogP contribution in [-0.4, -0.2) is 16.2 Å². The Balaban J connectivity index is 2.28. The summed E-state index contributed by atoms with van der Waals surface area (Å²) in [6.07, 6.45) is 3.58. The molecule has 1 aromatic rings. The lowest BCUT2D eigenvalue weighted by molar-refractivity contribution is 0.158. The average molecular weight is 183 g/mol. The van der Waals surface area contributed by atoms with Crippen LogP contribution in [0.25, 0.3) is 0 Å². The van der Waals surface area contributed by atoms with Crippen LogP contribution in [0.1, 0.15) is 28.9 Å². The summed E-state index contributed by atoms with van der Waals surface area (Å²) in [4.78, 5) is 5.88. The fourth-order valence-electron chi connectivity index (χ4n) is 1.57. The van der Waals surface area contributed by atoms with Crippen molar-refractivity contribution in [1.82, 2.24) is 4.98 Å². The van der Waals surface area contributed by atoms with Gasteiger partial charge in [-0.1, -0.05) is 6.92 Å². The van der Waals surface area contributed by atoms with Gasteiger partial charge in [0.25, 0.3) is 0 Å². The predicted molar refractivity (Wildman–Crippen MR) is 49.5 cm³/mol. The molecule has 2 rings (SSSR count). The number of fused-ring (bicyclic) bond motifs is 1. The Bertz CT molecular complexity index is 282. The Morgan fingerprint density at radius 3 is 3.25 bits per heavy atom. The number of hydrogen-bond donors (Lipinski definition) is 1. The zero-order valence-electron chi connectivity index (χ0n) is 7.21. The highest BCUT2D eigenvalue weighted by Gasteiger charge is 2.19. The molecule has 66 valence electrons. The monoisotopic (exact) mass is 183 g/mol. The van der Waals surface area contributed by atoms with Crippen molar-refractivity contribution in [1.29, 1.82) is 0 Å². The quantitative estimate of drug-likeness (QED) is 0.716. The molecule has 0 amide bonds. The Morgan fingerprint density at radius 1 is 1.67 bits per heavy atom. The van der Waals surface area contributed by atoms with Crippen LogP contribution in [-0.2, 0) is 19.3 Å². The Morgan fingerprint density at radius 2 is 2.50 bits per heavy atom. The van der Waals surface area contributed by atoms with Gasteiger partial charge in [-0.15, -0.1) is 11.3 Å². The number of rotatable bonds is 1. The third kappa shape index (κ3) is 1.39. The van der Waals surface area contributed by atoms with Gasteiger partial charge in [0.1, 0.15) is 0 Å². The summed E-state index contributed by atoms with van der Waals surface area (Å²) < 4.78 is 0. The number of nitrogens with zero attached hydrogens (tertiary/aromatic N) is 1. The van der Waals surface area contributed by atoms with Crippen LogP contribution >= 0.6 is 11.3 Å². The Hall–Kier alpha value is -0.410. The SMILES string of the molecule is CCc1nc2c(s1)CCC(O)C2. The molecule has 1 aliphatic rings. The largest absolute Gasteiger partial charge is 0.393 e. The highest BCUT2D eigenvalue weighted by atomic mass is 32.1. The van der Waals surface area contributed by atoms with Crippen LogP contribution in [0, 0.1) is 0 Å². The topological polar surface area (TPSA) is 33.1 Å². The van der Waals surface area contributed by atoms with E-state index in [9.17, 15) is 5.11 Å². The summed E-state index contributed by atoms with van der Waals surface area (Å²) in [5, 5.41) is 10.6. The molecule has 0 fully saturated rings. The summed E-state index contributed by atoms with van der Waals surface area (Å²) >= 11 is 1.82. The summed E-state index contributed by atoms with van der Waals surface area (Å²) in [5.74, 6) is 0. The van der Waals surface area contributed by atoms with E-state index in [4.69, 9.17) is 0 Å². The predicted octanol–water partition coefficient (Wildman–Crippen LogP) is 1.56. The lowest BCUT2D eigenvalue weighted by Gasteiger charge is -2.14. The van der Waals surface area contributed by atoms with E-state index in [1.165, 1.54) is 9.88 Å². The van der Waals surface area contributed by atoms with Crippen molar-refractivity contribution in [3.05, 3.63) is 15.6 Å². The highest BCUT2D eigenvalue weighted by molar-refractivity contribution is 7.11. The van der Waals surface area contributed by atoms with Gasteiger partial charge in [-0.25, -0.2) is 4.98 Å². The van der Waals surface area contributed by atoms with Crippen molar-refractivity contribution in [2.45, 2.75) is 38.7 Å². The molecule has 0 radical (unpaired) electrons. The van der Waals surface area contributed by atoms with Crippen LogP contribution < -0.4 is 0 Å². The fraction of sp³-hybridized carbons (Fsp3) is 0.667. The summed E-state index contributed by atoms with van der Waals surface area (Å²) in [5.41, 5.74) is 1.15. The number of thiazole rings is 1. The number of aliphatic hydroxyl groups is 1. The summed E-state index contributed by atoms with van der Waals surface area (Å²) in [6, 6.07) is 0. The minimum atomic E-state index is -0.149. The van der Waals surface area contributed by atoms with Crippen LogP contribution in [0.5, 0.6) is 0 Å². The molecule has 12 heavy (non-hydrogen) atoms. The standard InChI is InChI=1S/C9H13NOS/c1-2-9-10-7-5-6(11)3-4-8(7)12-9/h6,11H,2-5H2,1H3. The van der Waals surface area contributed by atoms with Gasteiger partial charge in [0.05, 0.1) is 16.8 Å². The molecule has 0 bridgehead atoms. The molecule has 1 heterocycles. The maximum absolute atomic E-state index is 9.40. The molecule has 0 saturated heterocycles. The molecule has 1 N–H and O–H groups in total. The number of hydrogen-bond acceptors (Lipinski definition) is 3. The third-order valence-electron chi connectivity index (χ3n) is 2.26. The second-order valence-corrected chi connectivity index (χ2v) is 4.40. The van der Waals surface area contributed by atoms with Gasteiger partial charge in [-0.2, -0.15) is 0 Å². The van der Waals surface area contributed by atoms with Crippen molar-refractivity contribution in [2.24, 2.45) is 0 Å². The molecule has 1 unspecified atom stereocenters. The zero-order valence-corrected chi connectivity index (χ0v) is 8.02. The lowest BCUT2D eigenvalue weighted by atomic mass is 10.0. The molecule has 0 spiro atoms. The number of aliphatic hydroxyl groups excluding tert-OH is 1. The maximum Gasteiger partial charge on any atom is 0.0928 e. The Labute approximate surface area is 76.3 Å². The van der Waals surface area contributed by atoms with Gasteiger partial charge in [0.15, 0.2) is 0 Å². The maximum atomic E-state index is 9.40. The van der Waals surface area contributed by atoms with Crippen molar-refractivity contribution in [3.63, 3.8) is 0 Å². The van der Waals surface area contributed by atoms with Gasteiger partial charge in [-0.05, 0) is 19.3 Å². The van der Waals surface area contributed by atoms with Crippen molar-refractivity contribution < 1.29 is 5.11 Å². The highest BCUT2D eigenvalue weighted by Crippen LogP contribution is 2.26. The molecule has 0 aromatic carbocycles. The molecule has 1 aliphatic carbocycles. The van der Waals surface area contributed by atoms with Crippen molar-refractivity contribution in [2.75, 3.05) is 0 Å². The van der Waals surface area contributed by atoms with E-state index in [1.807, 2.05) is 11.3 Å². The Kier molecular flexibility index (Phi) is 2.15. The second kappa shape index (κ2) is 3.15. The number of aromatic nitrogens is 1. The normalized spacial score (nSPS) is 22.3. The van der Waals surface area contributed by atoms with Gasteiger partial charge >= 0.3 is 0 Å². The van der Waals surface area contributed by atoms with E-state index in [-0.39, 0.29) is 6.10 Å². The average Bonchev–Trinajstić information content (AvgIpc) is 2.46. The van der Waals surface area contributed by atoms with E-state index in [0.717, 1.165) is 31.4 Å². The van der Waals surface area contributed by atoms with Crippen molar-refractivity contribution in [3.8, 4) is 0 Å². The molecular weight excluding hydrogens is 170 g/mol. The lowest BCUT2D eigenvalue weighted by Crippen LogP contribution is -2.17. The van der Waals surface area contributed by atoms with E-state index < -0.39 is 0 Å². The molecule has 0 aliphatic heterocycles. The van der Waals surface area contributed by atoms with Gasteiger partial charge in [0.2, 0.25) is 0 Å². The first kappa shape index (κ1) is 8.20. The van der Waals surface area contributed by atoms with Gasteiger partial charge in [-0.3, -0.25) is 0 Å². The molecule has 1 aromatic heterocycles. The number of aryl methyl sites for hydroxylation is 2. The van der Waals surface area contributed by atoms with E-state index in [2.05, 4.69) is 11.9 Å². The molecule has 3 heteroatoms. The third-order valence-corrected chi connectivity index (χ3v) is 3.56. The second-order valence-electron chi connectivity index (χ2n) is 3.23. The van der Waals surface area contributed by atoms with E-state index in [0.29, 0.717) is 0 Å². The zero-order chi connectivity index (χ0) is 8.55. The first-order valence-electron chi connectivity index (χ1n) is 4.45. The summed E-state index contributed by atoms with van der Waals surface area (Å²) in [6.45, 7) is 2.13. The van der Waals surface area contributed by atoms with Crippen LogP contribution in [0.15, 0.2) is 0 Å². The molecule has 1 atom stereocenters. The minimum absolute atomic E-state index is 0.149. The van der Waals surface area contributed by atoms with Crippen molar-refractivity contribution >= 4 is 11.3 Å². The first-order chi connectivity index (χ1) is 5.79. The fourth-order valence-corrected chi connectivity index (χ4v) is 2.62. The summed E-state index contributed by atoms with van der Waals surface area (Å²) in [7, 11) is 0. The molecular formula is C9H13NOS. The first-order valence-corrected chi connectivity index (χ1v) is 5.26. The molecule has 0 saturated carbocycles. The van der Waals surface area contributed by atoms with Crippen LogP contribution in [0.4, 0.5) is 0 Å². The smallest absolute Gasteiger partial charge is 0.0928 e. The molecule has 2 nitrogen and oxygen atoms in total. The van der Waals surface area contributed by atoms with Crippen LogP contribution in [0.3, 0.4) is 0 Å².